The summed E-state index contributed by atoms with van der Waals surface area (Å²) in [5.41, 5.74) is 2.18. The molecule has 1 saturated heterocycles. The first-order chi connectivity index (χ1) is 15.0. The van der Waals surface area contributed by atoms with Crippen LogP contribution in [-0.2, 0) is 11.2 Å². The number of rotatable bonds is 5. The molecule has 0 aliphatic carbocycles. The first kappa shape index (κ1) is 21.7. The van der Waals surface area contributed by atoms with Crippen LogP contribution in [0.1, 0.15) is 49.5 Å². The fraction of sp³-hybridized carbons (Fsp3) is 0.417. The lowest BCUT2D eigenvalue weighted by atomic mass is 9.90. The Kier molecular flexibility index (Phi) is 6.51. The summed E-state index contributed by atoms with van der Waals surface area (Å²) in [6.07, 6.45) is 2.03. The Hall–Kier alpha value is -2.54. The molecule has 1 fully saturated rings. The van der Waals surface area contributed by atoms with Crippen LogP contribution in [0.3, 0.4) is 0 Å². The summed E-state index contributed by atoms with van der Waals surface area (Å²) in [4.78, 5) is 13.6. The van der Waals surface area contributed by atoms with Crippen LogP contribution in [0.15, 0.2) is 45.4 Å². The Morgan fingerprint density at radius 1 is 1.26 bits per heavy atom. The van der Waals surface area contributed by atoms with E-state index in [2.05, 4.69) is 51.4 Å². The number of aromatic nitrogens is 1. The van der Waals surface area contributed by atoms with Crippen molar-refractivity contribution >= 4 is 32.8 Å². The van der Waals surface area contributed by atoms with Gasteiger partial charge in [0.15, 0.2) is 0 Å². The maximum atomic E-state index is 11.8. The van der Waals surface area contributed by atoms with Crippen molar-refractivity contribution in [3.05, 3.63) is 57.8 Å². The van der Waals surface area contributed by atoms with Gasteiger partial charge in [-0.3, -0.25) is 0 Å². The normalized spacial score (nSPS) is 14.9. The number of carbonyl (C=O) groups is 1. The van der Waals surface area contributed by atoms with Crippen molar-refractivity contribution in [2.24, 2.45) is 0 Å². The van der Waals surface area contributed by atoms with Gasteiger partial charge >= 0.3 is 6.09 Å². The van der Waals surface area contributed by atoms with E-state index in [1.54, 1.807) is 4.90 Å². The van der Waals surface area contributed by atoms with Crippen molar-refractivity contribution in [1.29, 1.82) is 0 Å². The second-order valence-electron chi connectivity index (χ2n) is 8.20. The number of nitrogens with zero attached hydrogens (tertiary/aromatic N) is 2. The Balaban J connectivity index is 1.61. The molecule has 7 heteroatoms. The molecule has 164 valence electrons. The summed E-state index contributed by atoms with van der Waals surface area (Å²) in [6.45, 7) is 5.25. The highest BCUT2D eigenvalue weighted by atomic mass is 79.9. The third kappa shape index (κ3) is 4.71. The predicted octanol–water partition coefficient (Wildman–Crippen LogP) is 5.91. The van der Waals surface area contributed by atoms with Gasteiger partial charge in [-0.1, -0.05) is 46.3 Å². The number of methoxy groups -OCH3 is 1. The van der Waals surface area contributed by atoms with Crippen molar-refractivity contribution in [2.75, 3.05) is 20.2 Å². The van der Waals surface area contributed by atoms with Crippen LogP contribution in [0, 0.1) is 0 Å². The highest BCUT2D eigenvalue weighted by Crippen LogP contribution is 2.37. The Bertz CT molecular complexity index is 1070. The molecule has 0 bridgehead atoms. The van der Waals surface area contributed by atoms with Gasteiger partial charge in [0.2, 0.25) is 0 Å². The van der Waals surface area contributed by atoms with E-state index in [1.165, 1.54) is 23.4 Å². The van der Waals surface area contributed by atoms with E-state index >= 15 is 0 Å². The molecular weight excluding hydrogens is 460 g/mol. The number of hydrogen-bond donors (Lipinski definition) is 0. The zero-order valence-corrected chi connectivity index (χ0v) is 19.6. The first-order valence-corrected chi connectivity index (χ1v) is 11.4. The summed E-state index contributed by atoms with van der Waals surface area (Å²) in [6, 6.07) is 12.7. The number of piperidine rings is 1. The standard InChI is InChI=1S/C24H27BrN2O4/c1-15(2)30-23-20(14-16-7-8-19-18(13-16)5-4-6-21(19)25)22(31-26-23)17-9-11-27(12-10-17)24(28)29-3/h4-8,13,15,17H,9-12,14H2,1-3H3. The van der Waals surface area contributed by atoms with Crippen LogP contribution in [0.4, 0.5) is 4.79 Å². The SMILES string of the molecule is COC(=O)N1CCC(c2onc(OC(C)C)c2Cc2ccc3c(Br)cccc3c2)CC1. The molecule has 0 atom stereocenters. The quantitative estimate of drug-likeness (QED) is 0.448. The molecule has 31 heavy (non-hydrogen) atoms. The monoisotopic (exact) mass is 486 g/mol. The van der Waals surface area contributed by atoms with Crippen molar-refractivity contribution in [1.82, 2.24) is 10.1 Å². The van der Waals surface area contributed by atoms with Crippen LogP contribution in [0.5, 0.6) is 5.88 Å². The van der Waals surface area contributed by atoms with Gasteiger partial charge < -0.3 is 18.9 Å². The lowest BCUT2D eigenvalue weighted by molar-refractivity contribution is 0.110. The first-order valence-electron chi connectivity index (χ1n) is 10.6. The minimum Gasteiger partial charge on any atom is -0.473 e. The molecule has 0 radical (unpaired) electrons. The van der Waals surface area contributed by atoms with Gasteiger partial charge in [-0.25, -0.2) is 4.79 Å². The molecular formula is C24H27BrN2O4. The van der Waals surface area contributed by atoms with Gasteiger partial charge in [-0.05, 0) is 54.2 Å². The highest BCUT2D eigenvalue weighted by Gasteiger charge is 2.30. The van der Waals surface area contributed by atoms with Crippen molar-refractivity contribution < 1.29 is 18.8 Å². The number of likely N-dealkylation sites (tertiary alicyclic amines) is 1. The molecule has 0 N–H and O–H groups in total. The van der Waals surface area contributed by atoms with Crippen molar-refractivity contribution in [2.45, 2.75) is 45.1 Å². The van der Waals surface area contributed by atoms with Gasteiger partial charge in [0.25, 0.3) is 5.88 Å². The van der Waals surface area contributed by atoms with E-state index in [0.717, 1.165) is 28.6 Å². The van der Waals surface area contributed by atoms with Crippen LogP contribution < -0.4 is 4.74 Å². The number of benzene rings is 2. The summed E-state index contributed by atoms with van der Waals surface area (Å²) < 4.78 is 17.7. The number of amides is 1. The zero-order valence-electron chi connectivity index (χ0n) is 18.1. The highest BCUT2D eigenvalue weighted by molar-refractivity contribution is 9.10. The number of ether oxygens (including phenoxy) is 2. The summed E-state index contributed by atoms with van der Waals surface area (Å²) >= 11 is 3.62. The molecule has 1 aromatic heterocycles. The van der Waals surface area contributed by atoms with E-state index in [1.807, 2.05) is 19.9 Å². The van der Waals surface area contributed by atoms with E-state index in [9.17, 15) is 4.79 Å². The largest absolute Gasteiger partial charge is 0.473 e. The van der Waals surface area contributed by atoms with Crippen LogP contribution in [-0.4, -0.2) is 42.5 Å². The average Bonchev–Trinajstić information content (AvgIpc) is 3.14. The van der Waals surface area contributed by atoms with Crippen LogP contribution in [0.25, 0.3) is 10.8 Å². The lowest BCUT2D eigenvalue weighted by Gasteiger charge is -2.30. The second kappa shape index (κ2) is 9.30. The summed E-state index contributed by atoms with van der Waals surface area (Å²) in [5, 5.41) is 6.63. The maximum absolute atomic E-state index is 11.8. The van der Waals surface area contributed by atoms with E-state index in [4.69, 9.17) is 14.0 Å². The van der Waals surface area contributed by atoms with Crippen LogP contribution >= 0.6 is 15.9 Å². The molecule has 0 saturated carbocycles. The van der Waals surface area contributed by atoms with Gasteiger partial charge in [-0.15, -0.1) is 0 Å². The number of hydrogen-bond acceptors (Lipinski definition) is 5. The van der Waals surface area contributed by atoms with Gasteiger partial charge in [0.1, 0.15) is 5.76 Å². The molecule has 0 unspecified atom stereocenters. The second-order valence-corrected chi connectivity index (χ2v) is 9.05. The molecule has 6 nitrogen and oxygen atoms in total. The molecule has 4 rings (SSSR count). The fourth-order valence-corrected chi connectivity index (χ4v) is 4.68. The third-order valence-corrected chi connectivity index (χ3v) is 6.39. The van der Waals surface area contributed by atoms with E-state index in [-0.39, 0.29) is 18.1 Å². The summed E-state index contributed by atoms with van der Waals surface area (Å²) in [7, 11) is 1.42. The Morgan fingerprint density at radius 3 is 2.74 bits per heavy atom. The van der Waals surface area contributed by atoms with Crippen molar-refractivity contribution in [3.8, 4) is 5.88 Å². The van der Waals surface area contributed by atoms with Crippen molar-refractivity contribution in [3.63, 3.8) is 0 Å². The average molecular weight is 487 g/mol. The van der Waals surface area contributed by atoms with E-state index < -0.39 is 0 Å². The minimum absolute atomic E-state index is 0.00503. The van der Waals surface area contributed by atoms with Crippen LogP contribution in [0.2, 0.25) is 0 Å². The number of carbonyl (C=O) groups excluding carboxylic acids is 1. The topological polar surface area (TPSA) is 64.8 Å². The Labute approximate surface area is 190 Å². The molecule has 1 aliphatic rings. The third-order valence-electron chi connectivity index (χ3n) is 5.70. The molecule has 0 spiro atoms. The molecule has 1 aliphatic heterocycles. The molecule has 1 amide bonds. The molecule has 3 aromatic rings. The number of fused-ring (bicyclic) bond motifs is 1. The maximum Gasteiger partial charge on any atom is 0.409 e. The fourth-order valence-electron chi connectivity index (χ4n) is 4.17. The lowest BCUT2D eigenvalue weighted by Crippen LogP contribution is -2.37. The van der Waals surface area contributed by atoms with Gasteiger partial charge in [0.05, 0.1) is 18.8 Å². The molecule has 2 aromatic carbocycles. The number of halogens is 1. The predicted molar refractivity (Wildman–Crippen MR) is 123 cm³/mol. The summed E-state index contributed by atoms with van der Waals surface area (Å²) in [5.74, 6) is 1.63. The Morgan fingerprint density at radius 2 is 2.03 bits per heavy atom. The molecule has 2 heterocycles. The smallest absolute Gasteiger partial charge is 0.409 e. The minimum atomic E-state index is -0.276. The van der Waals surface area contributed by atoms with E-state index in [0.29, 0.717) is 25.4 Å². The van der Waals surface area contributed by atoms with Gasteiger partial charge in [-0.2, -0.15) is 0 Å². The van der Waals surface area contributed by atoms with Gasteiger partial charge in [0, 0.05) is 29.9 Å². The zero-order chi connectivity index (χ0) is 22.0.